The number of amides is 1. The maximum absolute atomic E-state index is 11.9. The maximum Gasteiger partial charge on any atom is 0.227 e. The predicted molar refractivity (Wildman–Crippen MR) is 95.7 cm³/mol. The highest BCUT2D eigenvalue weighted by Gasteiger charge is 2.25. The molecular formula is C19H23N3O2. The van der Waals surface area contributed by atoms with Crippen molar-refractivity contribution in [1.29, 1.82) is 0 Å². The van der Waals surface area contributed by atoms with Gasteiger partial charge in [0.25, 0.3) is 0 Å². The fraction of sp³-hybridized carbons (Fsp3) is 0.368. The molecule has 24 heavy (non-hydrogen) atoms. The molecule has 0 unspecified atom stereocenters. The molecule has 1 aromatic carbocycles. The minimum absolute atomic E-state index is 0.0967. The minimum Gasteiger partial charge on any atom is -0.489 e. The monoisotopic (exact) mass is 325 g/mol. The minimum atomic E-state index is 0.0967. The Labute approximate surface area is 142 Å². The predicted octanol–water partition coefficient (Wildman–Crippen LogP) is 4.35. The molecule has 1 fully saturated rings. The van der Waals surface area contributed by atoms with Gasteiger partial charge in [-0.15, -0.1) is 0 Å². The topological polar surface area (TPSA) is 63.2 Å². The van der Waals surface area contributed by atoms with E-state index in [9.17, 15) is 4.79 Å². The molecule has 5 heteroatoms. The second-order valence-corrected chi connectivity index (χ2v) is 6.34. The van der Waals surface area contributed by atoms with Gasteiger partial charge in [0.05, 0.1) is 23.7 Å². The number of benzene rings is 1. The normalized spacial score (nSPS) is 14.1. The average Bonchev–Trinajstić information content (AvgIpc) is 2.49. The number of para-hydroxylation sites is 2. The van der Waals surface area contributed by atoms with Crippen LogP contribution in [-0.4, -0.2) is 17.0 Å². The molecule has 126 valence electrons. The van der Waals surface area contributed by atoms with Crippen LogP contribution in [0.1, 0.15) is 33.1 Å². The van der Waals surface area contributed by atoms with Crippen LogP contribution in [-0.2, 0) is 4.79 Å². The first-order chi connectivity index (χ1) is 11.6. The summed E-state index contributed by atoms with van der Waals surface area (Å²) in [6.45, 7) is 3.99. The number of pyridine rings is 1. The number of rotatable bonds is 6. The molecular weight excluding hydrogens is 302 g/mol. The van der Waals surface area contributed by atoms with E-state index >= 15 is 0 Å². The van der Waals surface area contributed by atoms with Gasteiger partial charge in [0.2, 0.25) is 5.91 Å². The second-order valence-electron chi connectivity index (χ2n) is 6.34. The van der Waals surface area contributed by atoms with Crippen LogP contribution in [0, 0.1) is 5.92 Å². The first-order valence-electron chi connectivity index (χ1n) is 8.41. The lowest BCUT2D eigenvalue weighted by Crippen LogP contribution is -2.28. The number of ether oxygens (including phenoxy) is 1. The van der Waals surface area contributed by atoms with Gasteiger partial charge in [0.1, 0.15) is 11.6 Å². The van der Waals surface area contributed by atoms with Crippen molar-refractivity contribution >= 4 is 23.1 Å². The highest BCUT2D eigenvalue weighted by molar-refractivity contribution is 5.92. The molecule has 1 saturated carbocycles. The van der Waals surface area contributed by atoms with E-state index in [-0.39, 0.29) is 17.9 Å². The quantitative estimate of drug-likeness (QED) is 0.829. The lowest BCUT2D eigenvalue weighted by molar-refractivity contribution is -0.122. The summed E-state index contributed by atoms with van der Waals surface area (Å²) < 4.78 is 5.79. The van der Waals surface area contributed by atoms with E-state index in [0.717, 1.165) is 36.4 Å². The van der Waals surface area contributed by atoms with Gasteiger partial charge in [-0.05, 0) is 51.0 Å². The highest BCUT2D eigenvalue weighted by atomic mass is 16.5. The summed E-state index contributed by atoms with van der Waals surface area (Å²) in [6.07, 6.45) is 4.91. The van der Waals surface area contributed by atoms with Crippen LogP contribution in [0.2, 0.25) is 0 Å². The average molecular weight is 325 g/mol. The van der Waals surface area contributed by atoms with E-state index in [1.807, 2.05) is 50.2 Å². The summed E-state index contributed by atoms with van der Waals surface area (Å²) in [4.78, 5) is 16.3. The molecule has 0 radical (unpaired) electrons. The van der Waals surface area contributed by atoms with Crippen molar-refractivity contribution in [3.05, 3.63) is 42.6 Å². The fourth-order valence-electron chi connectivity index (χ4n) is 2.52. The first kappa shape index (κ1) is 16.3. The van der Waals surface area contributed by atoms with Gasteiger partial charge < -0.3 is 15.4 Å². The van der Waals surface area contributed by atoms with Crippen molar-refractivity contribution < 1.29 is 9.53 Å². The number of carbonyl (C=O) groups excluding carboxylic acids is 1. The second kappa shape index (κ2) is 7.34. The summed E-state index contributed by atoms with van der Waals surface area (Å²) in [5.74, 6) is 1.76. The van der Waals surface area contributed by atoms with E-state index in [2.05, 4.69) is 15.6 Å². The molecule has 3 rings (SSSR count). The molecule has 2 aromatic rings. The summed E-state index contributed by atoms with van der Waals surface area (Å²) >= 11 is 0. The SMILES string of the molecule is CC(C)Oc1ccccc1Nc1ccc(NC(=O)C2CCC2)cn1. The Hall–Kier alpha value is -2.56. The highest BCUT2D eigenvalue weighted by Crippen LogP contribution is 2.29. The molecule has 1 aliphatic carbocycles. The Morgan fingerprint density at radius 3 is 2.62 bits per heavy atom. The van der Waals surface area contributed by atoms with Crippen LogP contribution >= 0.6 is 0 Å². The molecule has 0 spiro atoms. The molecule has 1 amide bonds. The number of hydrogen-bond donors (Lipinski definition) is 2. The van der Waals surface area contributed by atoms with Gasteiger partial charge in [-0.3, -0.25) is 4.79 Å². The van der Waals surface area contributed by atoms with E-state index in [1.165, 1.54) is 0 Å². The van der Waals surface area contributed by atoms with Crippen LogP contribution in [0.5, 0.6) is 5.75 Å². The van der Waals surface area contributed by atoms with Gasteiger partial charge >= 0.3 is 0 Å². The van der Waals surface area contributed by atoms with E-state index < -0.39 is 0 Å². The molecule has 0 atom stereocenters. The van der Waals surface area contributed by atoms with E-state index in [0.29, 0.717) is 5.82 Å². The van der Waals surface area contributed by atoms with Crippen LogP contribution in [0.15, 0.2) is 42.6 Å². The first-order valence-corrected chi connectivity index (χ1v) is 8.41. The van der Waals surface area contributed by atoms with Gasteiger partial charge in [-0.25, -0.2) is 4.98 Å². The van der Waals surface area contributed by atoms with Gasteiger partial charge in [-0.2, -0.15) is 0 Å². The largest absolute Gasteiger partial charge is 0.489 e. The maximum atomic E-state index is 11.9. The molecule has 1 heterocycles. The molecule has 0 aliphatic heterocycles. The fourth-order valence-corrected chi connectivity index (χ4v) is 2.52. The molecule has 0 bridgehead atoms. The third-order valence-electron chi connectivity index (χ3n) is 4.02. The smallest absolute Gasteiger partial charge is 0.227 e. The number of aromatic nitrogens is 1. The zero-order chi connectivity index (χ0) is 16.9. The Bertz CT molecular complexity index is 694. The third-order valence-corrected chi connectivity index (χ3v) is 4.02. The summed E-state index contributed by atoms with van der Waals surface area (Å²) in [7, 11) is 0. The summed E-state index contributed by atoms with van der Waals surface area (Å²) in [5, 5.41) is 6.17. The zero-order valence-corrected chi connectivity index (χ0v) is 14.1. The van der Waals surface area contributed by atoms with Gasteiger partial charge in [-0.1, -0.05) is 18.6 Å². The van der Waals surface area contributed by atoms with Crippen molar-refractivity contribution in [2.24, 2.45) is 5.92 Å². The number of carbonyl (C=O) groups is 1. The van der Waals surface area contributed by atoms with Crippen molar-refractivity contribution in [3.8, 4) is 5.75 Å². The van der Waals surface area contributed by atoms with Crippen molar-refractivity contribution in [3.63, 3.8) is 0 Å². The Morgan fingerprint density at radius 1 is 1.21 bits per heavy atom. The molecule has 2 N–H and O–H groups in total. The van der Waals surface area contributed by atoms with Crippen LogP contribution in [0.3, 0.4) is 0 Å². The Balaban J connectivity index is 1.65. The van der Waals surface area contributed by atoms with Crippen molar-refractivity contribution in [2.45, 2.75) is 39.2 Å². The third kappa shape index (κ3) is 4.04. The Kier molecular flexibility index (Phi) is 4.99. The zero-order valence-electron chi connectivity index (χ0n) is 14.1. The van der Waals surface area contributed by atoms with Crippen LogP contribution in [0.25, 0.3) is 0 Å². The van der Waals surface area contributed by atoms with Gasteiger partial charge in [0.15, 0.2) is 0 Å². The van der Waals surface area contributed by atoms with Crippen molar-refractivity contribution in [1.82, 2.24) is 4.98 Å². The van der Waals surface area contributed by atoms with Crippen LogP contribution in [0.4, 0.5) is 17.2 Å². The molecule has 5 nitrogen and oxygen atoms in total. The van der Waals surface area contributed by atoms with E-state index in [4.69, 9.17) is 4.74 Å². The number of hydrogen-bond acceptors (Lipinski definition) is 4. The summed E-state index contributed by atoms with van der Waals surface area (Å²) in [5.41, 5.74) is 1.59. The van der Waals surface area contributed by atoms with Crippen LogP contribution < -0.4 is 15.4 Å². The van der Waals surface area contributed by atoms with Gasteiger partial charge in [0, 0.05) is 5.92 Å². The standard InChI is InChI=1S/C19H23N3O2/c1-13(2)24-17-9-4-3-8-16(17)22-18-11-10-15(12-20-18)21-19(23)14-6-5-7-14/h3-4,8-14H,5-7H2,1-2H3,(H,20,22)(H,21,23). The number of nitrogens with zero attached hydrogens (tertiary/aromatic N) is 1. The molecule has 0 saturated heterocycles. The lowest BCUT2D eigenvalue weighted by atomic mass is 9.85. The number of nitrogens with one attached hydrogen (secondary N) is 2. The molecule has 1 aliphatic rings. The van der Waals surface area contributed by atoms with E-state index in [1.54, 1.807) is 6.20 Å². The van der Waals surface area contributed by atoms with Crippen molar-refractivity contribution in [2.75, 3.05) is 10.6 Å². The summed E-state index contributed by atoms with van der Waals surface area (Å²) in [6, 6.07) is 11.5. The number of anilines is 3. The molecule has 1 aromatic heterocycles. The lowest BCUT2D eigenvalue weighted by Gasteiger charge is -2.23. The Morgan fingerprint density at radius 2 is 2.00 bits per heavy atom.